The van der Waals surface area contributed by atoms with Crippen molar-refractivity contribution in [2.75, 3.05) is 32.3 Å². The molecule has 1 saturated heterocycles. The van der Waals surface area contributed by atoms with Gasteiger partial charge >= 0.3 is 6.09 Å². The van der Waals surface area contributed by atoms with Gasteiger partial charge in [-0.05, 0) is 65.8 Å². The number of rotatable bonds is 17. The van der Waals surface area contributed by atoms with E-state index in [1.165, 1.54) is 13.3 Å². The highest BCUT2D eigenvalue weighted by molar-refractivity contribution is 6.08. The maximum atomic E-state index is 14.6. The van der Waals surface area contributed by atoms with Gasteiger partial charge in [-0.25, -0.2) is 9.78 Å². The molecule has 0 aliphatic carbocycles. The molecule has 13 heteroatoms. The molecule has 13 nitrogen and oxygen atoms in total. The topological polar surface area (TPSA) is 130 Å². The minimum Gasteiger partial charge on any atom is -0.489 e. The zero-order valence-electron chi connectivity index (χ0n) is 40.2. The Hall–Kier alpha value is -8.00. The number of benzene rings is 6. The smallest absolute Gasteiger partial charge is 0.412 e. The first kappa shape index (κ1) is 46.7. The van der Waals surface area contributed by atoms with Crippen LogP contribution in [0.15, 0.2) is 168 Å². The van der Waals surface area contributed by atoms with Crippen molar-refractivity contribution < 1.29 is 37.8 Å². The van der Waals surface area contributed by atoms with Crippen LogP contribution in [0.2, 0.25) is 0 Å². The Balaban J connectivity index is 1.11. The lowest BCUT2D eigenvalue weighted by Crippen LogP contribution is -2.48. The number of aromatic nitrogens is 2. The number of amides is 1. The van der Waals surface area contributed by atoms with E-state index in [9.17, 15) is 9.59 Å². The van der Waals surface area contributed by atoms with Gasteiger partial charge in [-0.3, -0.25) is 4.90 Å². The summed E-state index contributed by atoms with van der Waals surface area (Å²) in [6.07, 6.45) is 6.19. The number of carbonyl (C=O) groups excluding carboxylic acids is 2. The molecule has 0 radical (unpaired) electrons. The lowest BCUT2D eigenvalue weighted by atomic mass is 9.75. The third kappa shape index (κ3) is 9.29. The summed E-state index contributed by atoms with van der Waals surface area (Å²) in [5, 5.41) is 4.79. The van der Waals surface area contributed by atoms with Gasteiger partial charge in [0.15, 0.2) is 5.76 Å². The van der Waals surface area contributed by atoms with Crippen molar-refractivity contribution in [3.8, 4) is 28.2 Å². The molecule has 0 spiro atoms. The van der Waals surface area contributed by atoms with Gasteiger partial charge in [0.1, 0.15) is 51.0 Å². The van der Waals surface area contributed by atoms with Gasteiger partial charge in [-0.15, -0.1) is 0 Å². The van der Waals surface area contributed by atoms with Gasteiger partial charge in [0.2, 0.25) is 5.89 Å². The monoisotopic (exact) mass is 949 g/mol. The number of oxazole rings is 1. The first-order chi connectivity index (χ1) is 34.7. The molecule has 2 atom stereocenters. The summed E-state index contributed by atoms with van der Waals surface area (Å²) in [4.78, 5) is 41.9. The van der Waals surface area contributed by atoms with E-state index >= 15 is 0 Å². The SMILES string of the molecule is COCn1cc(-c2cnc(/C=N\OC)o2)c2c(-c3cccc4c3N(Cc3ccccc3)C[C@]4(C=O)c3cc(C[C@H]4COC(C)(C)N4C(=O)OCc4ccccc4)ccc3OCc3ccccc3)cccc21. The third-order valence-corrected chi connectivity index (χ3v) is 13.4. The van der Waals surface area contributed by atoms with E-state index in [1.54, 1.807) is 18.2 Å². The second-order valence-corrected chi connectivity index (χ2v) is 18.4. The van der Waals surface area contributed by atoms with Crippen LogP contribution in [-0.4, -0.2) is 72.2 Å². The van der Waals surface area contributed by atoms with E-state index in [-0.39, 0.29) is 12.6 Å². The molecule has 1 amide bonds. The van der Waals surface area contributed by atoms with Gasteiger partial charge in [-0.1, -0.05) is 139 Å². The fourth-order valence-electron chi connectivity index (χ4n) is 10.2. The fraction of sp³-hybridized carbons (Fsp3) is 0.241. The van der Waals surface area contributed by atoms with Crippen molar-refractivity contribution in [1.82, 2.24) is 14.5 Å². The van der Waals surface area contributed by atoms with Crippen LogP contribution in [0.1, 0.15) is 53.1 Å². The number of carbonyl (C=O) groups is 2. The number of hydrogen-bond donors (Lipinski definition) is 0. The zero-order valence-corrected chi connectivity index (χ0v) is 40.2. The Kier molecular flexibility index (Phi) is 13.3. The summed E-state index contributed by atoms with van der Waals surface area (Å²) in [7, 11) is 3.13. The Morgan fingerprint density at radius 3 is 2.21 bits per heavy atom. The first-order valence-electron chi connectivity index (χ1n) is 23.7. The van der Waals surface area contributed by atoms with Crippen molar-refractivity contribution >= 4 is 35.2 Å². The Morgan fingerprint density at radius 2 is 1.49 bits per heavy atom. The van der Waals surface area contributed by atoms with Crippen LogP contribution in [0.5, 0.6) is 5.75 Å². The van der Waals surface area contributed by atoms with E-state index in [2.05, 4.69) is 57.5 Å². The third-order valence-electron chi connectivity index (χ3n) is 13.4. The molecule has 8 aromatic rings. The minimum atomic E-state index is -1.21. The number of hydrogen-bond acceptors (Lipinski definition) is 11. The number of para-hydroxylation sites is 1. The molecule has 1 fully saturated rings. The van der Waals surface area contributed by atoms with Gasteiger partial charge in [0.25, 0.3) is 0 Å². The molecular weight excluding hydrogens is 895 g/mol. The second-order valence-electron chi connectivity index (χ2n) is 18.4. The number of nitrogens with zero attached hydrogens (tertiary/aromatic N) is 5. The standard InChI is InChI=1S/C58H55N5O8/c1-57(2)63(56(65)69-35-42-20-12-7-13-21-42)44(36-70-57)28-43-26-27-51(68-34-41-18-10-6-11-19-41)49(29-43)58(38-64)37-61(32-40-16-8-5-9-17-40)55-46(23-14-24-48(55)58)45-22-15-25-50-54(45)47(33-62(50)39-66-3)52-30-59-53(71-52)31-60-67-4/h5-27,29-31,33,38,44H,28,32,34-37,39H2,1-4H3/b60-31-/t44-,58+/m0/s1. The van der Waals surface area contributed by atoms with Crippen LogP contribution in [0.25, 0.3) is 33.4 Å². The van der Waals surface area contributed by atoms with E-state index in [4.69, 9.17) is 28.2 Å². The van der Waals surface area contributed by atoms with Crippen molar-refractivity contribution in [1.29, 1.82) is 0 Å². The summed E-state index contributed by atoms with van der Waals surface area (Å²) in [6, 6.07) is 48.1. The van der Waals surface area contributed by atoms with Crippen LogP contribution < -0.4 is 9.64 Å². The zero-order chi connectivity index (χ0) is 49.0. The molecule has 0 bridgehead atoms. The molecule has 360 valence electrons. The number of fused-ring (bicyclic) bond motifs is 2. The average molecular weight is 950 g/mol. The lowest BCUT2D eigenvalue weighted by molar-refractivity contribution is -0.111. The predicted molar refractivity (Wildman–Crippen MR) is 272 cm³/mol. The molecule has 71 heavy (non-hydrogen) atoms. The van der Waals surface area contributed by atoms with Crippen molar-refractivity contribution in [2.24, 2.45) is 5.16 Å². The lowest BCUT2D eigenvalue weighted by Gasteiger charge is -2.33. The fourth-order valence-corrected chi connectivity index (χ4v) is 10.2. The maximum Gasteiger partial charge on any atom is 0.412 e. The highest BCUT2D eigenvalue weighted by atomic mass is 16.6. The predicted octanol–water partition coefficient (Wildman–Crippen LogP) is 10.9. The summed E-state index contributed by atoms with van der Waals surface area (Å²) in [5.41, 5.74) is 7.86. The summed E-state index contributed by atoms with van der Waals surface area (Å²) >= 11 is 0. The largest absolute Gasteiger partial charge is 0.489 e. The Bertz CT molecular complexity index is 3190. The second kappa shape index (κ2) is 20.2. The van der Waals surface area contributed by atoms with Gasteiger partial charge < -0.3 is 42.5 Å². The van der Waals surface area contributed by atoms with Gasteiger partial charge in [0, 0.05) is 54.2 Å². The number of oxime groups is 1. The van der Waals surface area contributed by atoms with Crippen LogP contribution in [-0.2, 0) is 62.2 Å². The normalized spacial score (nSPS) is 17.2. The maximum absolute atomic E-state index is 14.6. The average Bonchev–Trinajstić information content (AvgIpc) is 4.18. The minimum absolute atomic E-state index is 0.138. The number of ether oxygens (including phenoxy) is 4. The molecule has 4 heterocycles. The summed E-state index contributed by atoms with van der Waals surface area (Å²) in [6.45, 7) is 5.64. The van der Waals surface area contributed by atoms with Crippen LogP contribution in [0.4, 0.5) is 10.5 Å². The molecule has 2 aliphatic rings. The molecule has 0 N–H and O–H groups in total. The van der Waals surface area contributed by atoms with Crippen LogP contribution in [0, 0.1) is 0 Å². The van der Waals surface area contributed by atoms with E-state index < -0.39 is 17.2 Å². The highest BCUT2D eigenvalue weighted by Crippen LogP contribution is 2.53. The molecule has 0 unspecified atom stereocenters. The van der Waals surface area contributed by atoms with Crippen molar-refractivity contribution in [2.45, 2.75) is 63.9 Å². The molecule has 2 aliphatic heterocycles. The highest BCUT2D eigenvalue weighted by Gasteiger charge is 2.48. The van der Waals surface area contributed by atoms with Crippen molar-refractivity contribution in [3.63, 3.8) is 0 Å². The van der Waals surface area contributed by atoms with E-state index in [1.807, 2.05) is 128 Å². The molecule has 2 aromatic heterocycles. The van der Waals surface area contributed by atoms with E-state index in [0.29, 0.717) is 56.9 Å². The van der Waals surface area contributed by atoms with Crippen LogP contribution in [0.3, 0.4) is 0 Å². The summed E-state index contributed by atoms with van der Waals surface area (Å²) < 4.78 is 32.9. The first-order valence-corrected chi connectivity index (χ1v) is 23.7. The van der Waals surface area contributed by atoms with Crippen molar-refractivity contribution in [3.05, 3.63) is 197 Å². The van der Waals surface area contributed by atoms with E-state index in [0.717, 1.165) is 72.9 Å². The Morgan fingerprint density at radius 1 is 0.789 bits per heavy atom. The summed E-state index contributed by atoms with van der Waals surface area (Å²) in [5.74, 6) is 1.43. The number of methoxy groups -OCH3 is 1. The Labute approximate surface area is 412 Å². The van der Waals surface area contributed by atoms with Gasteiger partial charge in [-0.2, -0.15) is 0 Å². The molecule has 6 aromatic carbocycles. The van der Waals surface area contributed by atoms with Gasteiger partial charge in [0.05, 0.1) is 29.8 Å². The number of aldehydes is 1. The molecule has 10 rings (SSSR count). The quantitative estimate of drug-likeness (QED) is 0.0494. The molecular formula is C58H55N5O8. The van der Waals surface area contributed by atoms with Crippen LogP contribution >= 0.6 is 0 Å². The number of anilines is 1. The molecule has 0 saturated carbocycles.